The van der Waals surface area contributed by atoms with E-state index in [1.54, 1.807) is 0 Å². The number of oxime groups is 1. The number of hydrogen-bond donors (Lipinski definition) is 1. The van der Waals surface area contributed by atoms with Gasteiger partial charge in [0.25, 0.3) is 0 Å². The predicted molar refractivity (Wildman–Crippen MR) is 117 cm³/mol. The van der Waals surface area contributed by atoms with Crippen molar-refractivity contribution in [2.75, 3.05) is 0 Å². The highest BCUT2D eigenvalue weighted by Crippen LogP contribution is 2.40. The monoisotopic (exact) mass is 460 g/mol. The number of benzene rings is 3. The summed E-state index contributed by atoms with van der Waals surface area (Å²) in [6.07, 6.45) is 0. The standard InChI is InChI=1S/C20H19IN3O2/c1-21-25-19-12-8-17(9-13-19)24(22,16-6-4-3-5-7-16)18-10-14-20(15-11-18)26-23-2/h3-15H,1-2,22H2/q+1. The van der Waals surface area contributed by atoms with Crippen LogP contribution in [0.3, 0.4) is 0 Å². The highest BCUT2D eigenvalue weighted by Gasteiger charge is 2.33. The summed E-state index contributed by atoms with van der Waals surface area (Å²) in [6, 6.07) is 25.2. The van der Waals surface area contributed by atoms with Crippen LogP contribution >= 0.6 is 21.1 Å². The second-order valence-corrected chi connectivity index (χ2v) is 6.52. The highest BCUT2D eigenvalue weighted by molar-refractivity contribution is 14.2. The zero-order chi connectivity index (χ0) is 18.4. The molecule has 6 heteroatoms. The van der Waals surface area contributed by atoms with Crippen molar-refractivity contribution < 1.29 is 7.90 Å². The molecule has 0 radical (unpaired) electrons. The quantitative estimate of drug-likeness (QED) is 0.173. The SMILES string of the molecule is C=NOc1ccc([N+](N)(c2ccccc2)c2ccc(OI=C)cc2)cc1. The molecular weight excluding hydrogens is 441 g/mol. The molecule has 0 aromatic heterocycles. The predicted octanol–water partition coefficient (Wildman–Crippen LogP) is 5.22. The summed E-state index contributed by atoms with van der Waals surface area (Å²) in [4.78, 5) is 5.07. The molecule has 132 valence electrons. The molecule has 1 unspecified atom stereocenters. The molecule has 3 rings (SSSR count). The second kappa shape index (κ2) is 8.22. The maximum absolute atomic E-state index is 6.92. The molecule has 0 bridgehead atoms. The van der Waals surface area contributed by atoms with Gasteiger partial charge in [0.1, 0.15) is 26.9 Å². The Bertz CT molecular complexity index is 828. The van der Waals surface area contributed by atoms with Crippen molar-refractivity contribution in [1.29, 1.82) is 0 Å². The van der Waals surface area contributed by atoms with Gasteiger partial charge >= 0.3 is 0 Å². The van der Waals surface area contributed by atoms with E-state index in [4.69, 9.17) is 13.7 Å². The lowest BCUT2D eigenvalue weighted by Gasteiger charge is -2.31. The Labute approximate surface area is 163 Å². The Hall–Kier alpha value is -2.55. The fourth-order valence-electron chi connectivity index (χ4n) is 2.72. The lowest BCUT2D eigenvalue weighted by molar-refractivity contribution is 0.345. The van der Waals surface area contributed by atoms with Gasteiger partial charge in [-0.2, -0.15) is 10.4 Å². The molecule has 3 aromatic rings. The smallest absolute Gasteiger partial charge is 0.162 e. The number of hydrogen-bond acceptors (Lipinski definition) is 4. The molecule has 0 heterocycles. The Kier molecular flexibility index (Phi) is 5.77. The van der Waals surface area contributed by atoms with Gasteiger partial charge in [-0.05, 0) is 28.8 Å². The minimum Gasteiger partial charge on any atom is -0.436 e. The summed E-state index contributed by atoms with van der Waals surface area (Å²) in [5, 5.41) is 3.44. The fraction of sp³-hybridized carbons (Fsp3) is 0. The van der Waals surface area contributed by atoms with Gasteiger partial charge in [0.2, 0.25) is 0 Å². The first-order valence-electron chi connectivity index (χ1n) is 7.81. The fourth-order valence-corrected chi connectivity index (χ4v) is 3.38. The van der Waals surface area contributed by atoms with Crippen LogP contribution in [-0.2, 0) is 0 Å². The largest absolute Gasteiger partial charge is 0.436 e. The molecule has 0 aliphatic rings. The first-order chi connectivity index (χ1) is 12.7. The van der Waals surface area contributed by atoms with Crippen LogP contribution in [0.25, 0.3) is 0 Å². The average molecular weight is 460 g/mol. The van der Waals surface area contributed by atoms with Crippen LogP contribution in [-0.4, -0.2) is 11.2 Å². The van der Waals surface area contributed by atoms with Gasteiger partial charge < -0.3 is 7.90 Å². The Morgan fingerprint density at radius 2 is 1.27 bits per heavy atom. The zero-order valence-corrected chi connectivity index (χ0v) is 16.2. The maximum Gasteiger partial charge on any atom is 0.162 e. The van der Waals surface area contributed by atoms with Gasteiger partial charge in [0.05, 0.1) is 0 Å². The van der Waals surface area contributed by atoms with Crippen molar-refractivity contribution in [2.45, 2.75) is 0 Å². The number of quaternary nitrogens is 1. The van der Waals surface area contributed by atoms with Crippen molar-refractivity contribution in [1.82, 2.24) is 4.59 Å². The topological polar surface area (TPSA) is 56.8 Å². The van der Waals surface area contributed by atoms with E-state index in [1.165, 1.54) is 0 Å². The van der Waals surface area contributed by atoms with Gasteiger partial charge in [-0.15, -0.1) is 0 Å². The van der Waals surface area contributed by atoms with E-state index < -0.39 is 21.1 Å². The van der Waals surface area contributed by atoms with Crippen LogP contribution in [0.1, 0.15) is 0 Å². The molecular formula is C20H19IN3O2+. The van der Waals surface area contributed by atoms with E-state index in [2.05, 4.69) is 16.4 Å². The molecule has 0 aliphatic heterocycles. The molecule has 0 spiro atoms. The number of nitrogens with two attached hydrogens (primary N) is 1. The van der Waals surface area contributed by atoms with Crippen molar-refractivity contribution in [3.8, 4) is 11.5 Å². The van der Waals surface area contributed by atoms with E-state index in [1.807, 2.05) is 78.9 Å². The molecule has 0 amide bonds. The van der Waals surface area contributed by atoms with Crippen molar-refractivity contribution >= 4 is 49.4 Å². The second-order valence-electron chi connectivity index (χ2n) is 5.45. The van der Waals surface area contributed by atoms with Crippen molar-refractivity contribution in [2.24, 2.45) is 11.0 Å². The van der Waals surface area contributed by atoms with E-state index in [9.17, 15) is 0 Å². The minimum absolute atomic E-state index is 0.0162. The molecule has 5 nitrogen and oxygen atoms in total. The van der Waals surface area contributed by atoms with Crippen molar-refractivity contribution in [3.05, 3.63) is 78.9 Å². The van der Waals surface area contributed by atoms with Crippen molar-refractivity contribution in [3.63, 3.8) is 0 Å². The van der Waals surface area contributed by atoms with Crippen LogP contribution in [0.2, 0.25) is 0 Å². The summed E-state index contributed by atoms with van der Waals surface area (Å²) in [5.74, 6) is 8.33. The van der Waals surface area contributed by atoms with Crippen LogP contribution in [0.5, 0.6) is 11.5 Å². The maximum atomic E-state index is 6.92. The molecule has 0 saturated heterocycles. The van der Waals surface area contributed by atoms with Crippen LogP contribution < -0.4 is 18.3 Å². The summed E-state index contributed by atoms with van der Waals surface area (Å²) in [6.45, 7) is 3.33. The van der Waals surface area contributed by atoms with Gasteiger partial charge in [-0.25, -0.2) is 0 Å². The Balaban J connectivity index is 2.10. The van der Waals surface area contributed by atoms with E-state index in [-0.39, 0.29) is 4.59 Å². The van der Waals surface area contributed by atoms with E-state index in [0.717, 1.165) is 22.8 Å². The summed E-state index contributed by atoms with van der Waals surface area (Å²) < 4.78 is 9.37. The van der Waals surface area contributed by atoms with Gasteiger partial charge in [0.15, 0.2) is 22.8 Å². The number of nitrogens with zero attached hydrogens (tertiary/aromatic N) is 2. The third-order valence-corrected chi connectivity index (χ3v) is 4.78. The summed E-state index contributed by atoms with van der Waals surface area (Å²) in [7, 11) is 0. The molecule has 3 aromatic carbocycles. The molecule has 1 atom stereocenters. The number of para-hydroxylation sites is 1. The van der Waals surface area contributed by atoms with Crippen LogP contribution in [0.15, 0.2) is 84.0 Å². The van der Waals surface area contributed by atoms with Gasteiger partial charge in [0, 0.05) is 43.1 Å². The zero-order valence-electron chi connectivity index (χ0n) is 14.1. The van der Waals surface area contributed by atoms with E-state index in [0.29, 0.717) is 5.75 Å². The van der Waals surface area contributed by atoms with Gasteiger partial charge in [-0.3, -0.25) is 0 Å². The third-order valence-electron chi connectivity index (χ3n) is 3.97. The summed E-state index contributed by atoms with van der Waals surface area (Å²) in [5.41, 5.74) is 2.72. The summed E-state index contributed by atoms with van der Waals surface area (Å²) >= 11 is -0.521. The molecule has 2 N–H and O–H groups in total. The van der Waals surface area contributed by atoms with Crippen LogP contribution in [0, 0.1) is 0 Å². The molecule has 26 heavy (non-hydrogen) atoms. The normalized spacial score (nSPS) is 12.8. The lowest BCUT2D eigenvalue weighted by Crippen LogP contribution is -2.46. The molecule has 0 aliphatic carbocycles. The average Bonchev–Trinajstić information content (AvgIpc) is 2.70. The Morgan fingerprint density at radius 3 is 1.77 bits per heavy atom. The minimum atomic E-state index is -0.521. The third kappa shape index (κ3) is 3.67. The molecule has 0 fully saturated rings. The lowest BCUT2D eigenvalue weighted by atomic mass is 10.1. The van der Waals surface area contributed by atoms with Gasteiger partial charge in [-0.1, -0.05) is 23.4 Å². The molecule has 0 saturated carbocycles. The number of halogens is 1. The Morgan fingerprint density at radius 1 is 0.769 bits per heavy atom. The van der Waals surface area contributed by atoms with Crippen LogP contribution in [0.4, 0.5) is 17.1 Å². The van der Waals surface area contributed by atoms with E-state index >= 15 is 0 Å². The first-order valence-corrected chi connectivity index (χ1v) is 10.2. The highest BCUT2D eigenvalue weighted by atomic mass is 127. The number of rotatable bonds is 7. The first kappa shape index (κ1) is 18.2.